The zero-order chi connectivity index (χ0) is 21.5. The van der Waals surface area contributed by atoms with E-state index < -0.39 is 0 Å². The van der Waals surface area contributed by atoms with E-state index >= 15 is 0 Å². The van der Waals surface area contributed by atoms with Crippen LogP contribution in [0, 0.1) is 0 Å². The summed E-state index contributed by atoms with van der Waals surface area (Å²) in [5.74, 6) is 1.45. The fraction of sp³-hybridized carbons (Fsp3) is 0.391. The number of ether oxygens (including phenoxy) is 2. The number of anilines is 2. The molecule has 160 valence electrons. The van der Waals surface area contributed by atoms with Gasteiger partial charge in [-0.05, 0) is 30.7 Å². The fourth-order valence-electron chi connectivity index (χ4n) is 3.31. The third-order valence-corrected chi connectivity index (χ3v) is 5.31. The van der Waals surface area contributed by atoms with Gasteiger partial charge < -0.3 is 19.7 Å². The van der Waals surface area contributed by atoms with Gasteiger partial charge in [-0.25, -0.2) is 9.98 Å². The van der Waals surface area contributed by atoms with E-state index in [1.165, 1.54) is 0 Å². The third kappa shape index (κ3) is 5.32. The van der Waals surface area contributed by atoms with Gasteiger partial charge in [-0.3, -0.25) is 0 Å². The van der Waals surface area contributed by atoms with E-state index in [1.54, 1.807) is 13.3 Å². The molecular formula is C23H29ClN4O2. The van der Waals surface area contributed by atoms with Crippen LogP contribution in [0.2, 0.25) is 5.02 Å². The SMILES string of the molecule is C=C(Nc1ccc(N(C)CCOC)nc1)C1N=C(c2ccccc2Cl)OC1CCC. The smallest absolute Gasteiger partial charge is 0.218 e. The van der Waals surface area contributed by atoms with Crippen LogP contribution in [0.4, 0.5) is 11.5 Å². The molecule has 0 saturated heterocycles. The number of aromatic nitrogens is 1. The minimum absolute atomic E-state index is 0.0753. The second-order valence-corrected chi connectivity index (χ2v) is 7.68. The second-order valence-electron chi connectivity index (χ2n) is 7.27. The molecule has 1 aromatic carbocycles. The summed E-state index contributed by atoms with van der Waals surface area (Å²) in [6.45, 7) is 7.79. The number of halogens is 1. The van der Waals surface area contributed by atoms with Crippen LogP contribution in [0.1, 0.15) is 25.3 Å². The number of hydrogen-bond donors (Lipinski definition) is 1. The molecule has 1 aliphatic heterocycles. The average Bonchev–Trinajstić information content (AvgIpc) is 3.17. The Kier molecular flexibility index (Phi) is 7.71. The van der Waals surface area contributed by atoms with Crippen LogP contribution >= 0.6 is 11.6 Å². The predicted octanol–water partition coefficient (Wildman–Crippen LogP) is 4.76. The summed E-state index contributed by atoms with van der Waals surface area (Å²) in [5.41, 5.74) is 2.44. The molecule has 2 heterocycles. The summed E-state index contributed by atoms with van der Waals surface area (Å²) < 4.78 is 11.3. The number of nitrogens with one attached hydrogen (secondary N) is 1. The molecule has 0 spiro atoms. The molecule has 1 aromatic heterocycles. The van der Waals surface area contributed by atoms with E-state index in [4.69, 9.17) is 26.1 Å². The molecule has 0 saturated carbocycles. The summed E-state index contributed by atoms with van der Waals surface area (Å²) in [7, 11) is 3.68. The molecule has 0 radical (unpaired) electrons. The molecule has 0 fully saturated rings. The lowest BCUT2D eigenvalue weighted by Crippen LogP contribution is -2.27. The van der Waals surface area contributed by atoms with Crippen molar-refractivity contribution in [3.63, 3.8) is 0 Å². The maximum atomic E-state index is 6.34. The molecule has 0 amide bonds. The van der Waals surface area contributed by atoms with Crippen molar-refractivity contribution in [3.8, 4) is 0 Å². The molecular weight excluding hydrogens is 400 g/mol. The van der Waals surface area contributed by atoms with Crippen LogP contribution in [-0.2, 0) is 9.47 Å². The predicted molar refractivity (Wildman–Crippen MR) is 124 cm³/mol. The first kappa shape index (κ1) is 22.1. The van der Waals surface area contributed by atoms with Gasteiger partial charge in [0, 0.05) is 26.4 Å². The Bertz CT molecular complexity index is 885. The highest BCUT2D eigenvalue weighted by Crippen LogP contribution is 2.29. The molecule has 6 nitrogen and oxygen atoms in total. The number of aliphatic imine (C=N–C) groups is 1. The van der Waals surface area contributed by atoms with Crippen molar-refractivity contribution in [3.05, 3.63) is 65.5 Å². The monoisotopic (exact) mass is 428 g/mol. The molecule has 2 aromatic rings. The Hall–Kier alpha value is -2.57. The lowest BCUT2D eigenvalue weighted by Gasteiger charge is -2.21. The van der Waals surface area contributed by atoms with Crippen LogP contribution in [0.3, 0.4) is 0 Å². The van der Waals surface area contributed by atoms with Crippen LogP contribution in [0.15, 0.2) is 59.9 Å². The number of rotatable bonds is 10. The first-order valence-corrected chi connectivity index (χ1v) is 10.5. The van der Waals surface area contributed by atoms with Gasteiger partial charge in [0.2, 0.25) is 5.90 Å². The third-order valence-electron chi connectivity index (χ3n) is 4.98. The van der Waals surface area contributed by atoms with Gasteiger partial charge in [0.25, 0.3) is 0 Å². The van der Waals surface area contributed by atoms with Gasteiger partial charge in [-0.1, -0.05) is 43.7 Å². The van der Waals surface area contributed by atoms with Crippen molar-refractivity contribution in [2.45, 2.75) is 31.9 Å². The normalized spacial score (nSPS) is 17.9. The first-order chi connectivity index (χ1) is 14.5. The lowest BCUT2D eigenvalue weighted by atomic mass is 10.0. The topological polar surface area (TPSA) is 59.0 Å². The van der Waals surface area contributed by atoms with E-state index in [1.807, 2.05) is 48.3 Å². The maximum absolute atomic E-state index is 6.34. The maximum Gasteiger partial charge on any atom is 0.218 e. The lowest BCUT2D eigenvalue weighted by molar-refractivity contribution is 0.191. The molecule has 1 N–H and O–H groups in total. The number of benzene rings is 1. The van der Waals surface area contributed by atoms with Gasteiger partial charge in [0.05, 0.1) is 29.1 Å². The van der Waals surface area contributed by atoms with Crippen LogP contribution in [0.25, 0.3) is 0 Å². The van der Waals surface area contributed by atoms with Crippen LogP contribution in [0.5, 0.6) is 0 Å². The van der Waals surface area contributed by atoms with Crippen LogP contribution < -0.4 is 10.2 Å². The van der Waals surface area contributed by atoms with Crippen molar-refractivity contribution >= 4 is 29.0 Å². The highest BCUT2D eigenvalue weighted by molar-refractivity contribution is 6.33. The quantitative estimate of drug-likeness (QED) is 0.591. The molecule has 7 heteroatoms. The van der Waals surface area contributed by atoms with Crippen molar-refractivity contribution < 1.29 is 9.47 Å². The first-order valence-electron chi connectivity index (χ1n) is 10.1. The Morgan fingerprint density at radius 1 is 1.30 bits per heavy atom. The molecule has 0 bridgehead atoms. The van der Waals surface area contributed by atoms with Crippen molar-refractivity contribution in [2.75, 3.05) is 37.5 Å². The van der Waals surface area contributed by atoms with E-state index in [0.717, 1.165) is 42.2 Å². The Morgan fingerprint density at radius 3 is 2.77 bits per heavy atom. The van der Waals surface area contributed by atoms with Gasteiger partial charge in [-0.2, -0.15) is 0 Å². The molecule has 30 heavy (non-hydrogen) atoms. The summed E-state index contributed by atoms with van der Waals surface area (Å²) in [5, 5.41) is 3.98. The highest BCUT2D eigenvalue weighted by Gasteiger charge is 2.33. The minimum atomic E-state index is -0.194. The summed E-state index contributed by atoms with van der Waals surface area (Å²) in [6, 6.07) is 11.4. The summed E-state index contributed by atoms with van der Waals surface area (Å²) in [4.78, 5) is 11.4. The number of hydrogen-bond acceptors (Lipinski definition) is 6. The summed E-state index contributed by atoms with van der Waals surface area (Å²) >= 11 is 6.34. The van der Waals surface area contributed by atoms with Gasteiger partial charge in [0.15, 0.2) is 0 Å². The number of likely N-dealkylation sites (N-methyl/N-ethyl adjacent to an activating group) is 1. The largest absolute Gasteiger partial charge is 0.471 e. The average molecular weight is 429 g/mol. The van der Waals surface area contributed by atoms with Gasteiger partial charge in [0.1, 0.15) is 18.0 Å². The zero-order valence-corrected chi connectivity index (χ0v) is 18.5. The van der Waals surface area contributed by atoms with Crippen molar-refractivity contribution in [2.24, 2.45) is 4.99 Å². The number of nitrogens with zero attached hydrogens (tertiary/aromatic N) is 3. The Morgan fingerprint density at radius 2 is 2.10 bits per heavy atom. The molecule has 2 atom stereocenters. The summed E-state index contributed by atoms with van der Waals surface area (Å²) in [6.07, 6.45) is 3.59. The van der Waals surface area contributed by atoms with E-state index in [0.29, 0.717) is 17.5 Å². The molecule has 0 aliphatic carbocycles. The Balaban J connectivity index is 1.71. The van der Waals surface area contributed by atoms with Crippen molar-refractivity contribution in [1.29, 1.82) is 0 Å². The van der Waals surface area contributed by atoms with E-state index in [-0.39, 0.29) is 12.1 Å². The molecule has 1 aliphatic rings. The molecule has 3 rings (SSSR count). The minimum Gasteiger partial charge on any atom is -0.471 e. The van der Waals surface area contributed by atoms with Crippen molar-refractivity contribution in [1.82, 2.24) is 4.98 Å². The van der Waals surface area contributed by atoms with Gasteiger partial charge in [-0.15, -0.1) is 0 Å². The Labute approximate surface area is 183 Å². The number of pyridine rings is 1. The van der Waals surface area contributed by atoms with E-state index in [2.05, 4.69) is 23.8 Å². The fourth-order valence-corrected chi connectivity index (χ4v) is 3.52. The van der Waals surface area contributed by atoms with Gasteiger partial charge >= 0.3 is 0 Å². The second kappa shape index (κ2) is 10.5. The zero-order valence-electron chi connectivity index (χ0n) is 17.8. The standard InChI is InChI=1S/C23H29ClN4O2/c1-5-8-20-22(27-23(30-20)18-9-6-7-10-19(18)24)16(2)26-17-11-12-21(25-15-17)28(3)13-14-29-4/h6-7,9-12,15,20,22,26H,2,5,8,13-14H2,1,3-4H3. The van der Waals surface area contributed by atoms with Crippen LogP contribution in [-0.4, -0.2) is 50.3 Å². The number of methoxy groups -OCH3 is 1. The van der Waals surface area contributed by atoms with E-state index in [9.17, 15) is 0 Å². The highest BCUT2D eigenvalue weighted by atomic mass is 35.5. The molecule has 2 unspecified atom stereocenters.